The number of carbonyl (C=O) groups excluding carboxylic acids is 1. The molecule has 0 fully saturated rings. The largest absolute Gasteiger partial charge is 0.507 e. The molecule has 0 saturated carbocycles. The number of nitrogens with one attached hydrogen (secondary N) is 1. The fourth-order valence-electron chi connectivity index (χ4n) is 3.36. The van der Waals surface area contributed by atoms with E-state index in [4.69, 9.17) is 0 Å². The predicted octanol–water partition coefficient (Wildman–Crippen LogP) is 5.87. The molecule has 0 saturated heterocycles. The summed E-state index contributed by atoms with van der Waals surface area (Å²) in [4.78, 5) is 11.6. The van der Waals surface area contributed by atoms with Crippen molar-refractivity contribution in [1.29, 1.82) is 0 Å². The van der Waals surface area contributed by atoms with Gasteiger partial charge in [-0.25, -0.2) is 0 Å². The Morgan fingerprint density at radius 1 is 0.750 bits per heavy atom. The van der Waals surface area contributed by atoms with Gasteiger partial charge in [-0.05, 0) is 33.7 Å². The molecule has 0 heterocycles. The molecule has 0 unspecified atom stereocenters. The van der Waals surface area contributed by atoms with Gasteiger partial charge in [-0.3, -0.25) is 4.79 Å². The molecule has 0 aromatic heterocycles. The number of hydrogen-bond donors (Lipinski definition) is 2. The van der Waals surface area contributed by atoms with E-state index in [2.05, 4.69) is 0 Å². The summed E-state index contributed by atoms with van der Waals surface area (Å²) in [6, 6.07) is 20.6. The minimum atomic E-state index is -5.02. The first-order valence-corrected chi connectivity index (χ1v) is 8.47. The molecule has 28 heavy (non-hydrogen) atoms. The zero-order chi connectivity index (χ0) is 19.9. The summed E-state index contributed by atoms with van der Waals surface area (Å²) < 4.78 is 38.6. The monoisotopic (exact) mass is 381 g/mol. The van der Waals surface area contributed by atoms with Crippen LogP contribution in [0, 0.1) is 0 Å². The van der Waals surface area contributed by atoms with Crippen molar-refractivity contribution in [3.8, 4) is 16.9 Å². The van der Waals surface area contributed by atoms with E-state index in [1.165, 1.54) is 12.1 Å². The quantitative estimate of drug-likeness (QED) is 0.456. The van der Waals surface area contributed by atoms with Crippen molar-refractivity contribution < 1.29 is 23.1 Å². The molecule has 0 aliphatic heterocycles. The Bertz CT molecular complexity index is 1220. The summed E-state index contributed by atoms with van der Waals surface area (Å²) in [5, 5.41) is 15.4. The standard InChI is InChI=1S/C22H14F3NO2/c23-22(24,25)21(28)26-17-11-9-13-5-1-3-7-15(13)19(17)20-16-8-4-2-6-14(16)10-12-18(20)27/h1-12,27H,(H,26,28). The summed E-state index contributed by atoms with van der Waals surface area (Å²) >= 11 is 0. The van der Waals surface area contributed by atoms with Crippen molar-refractivity contribution in [2.45, 2.75) is 6.18 Å². The van der Waals surface area contributed by atoms with Gasteiger partial charge >= 0.3 is 12.1 Å². The molecule has 0 aliphatic rings. The Balaban J connectivity index is 2.07. The van der Waals surface area contributed by atoms with Gasteiger partial charge in [0.05, 0.1) is 0 Å². The molecule has 140 valence electrons. The molecule has 0 aliphatic carbocycles. The molecule has 0 bridgehead atoms. The number of rotatable bonds is 2. The zero-order valence-electron chi connectivity index (χ0n) is 14.4. The maximum Gasteiger partial charge on any atom is 0.471 e. The zero-order valence-corrected chi connectivity index (χ0v) is 14.4. The predicted molar refractivity (Wildman–Crippen MR) is 103 cm³/mol. The van der Waals surface area contributed by atoms with Crippen LogP contribution in [0.5, 0.6) is 5.75 Å². The lowest BCUT2D eigenvalue weighted by Gasteiger charge is -2.18. The summed E-state index contributed by atoms with van der Waals surface area (Å²) in [6.45, 7) is 0. The van der Waals surface area contributed by atoms with Crippen LogP contribution < -0.4 is 5.32 Å². The minimum absolute atomic E-state index is 0.0207. The molecule has 1 amide bonds. The normalized spacial score (nSPS) is 11.7. The number of phenolic OH excluding ortho intramolecular Hbond substituents is 1. The number of carbonyl (C=O) groups is 1. The first-order valence-electron chi connectivity index (χ1n) is 8.47. The molecule has 3 nitrogen and oxygen atoms in total. The van der Waals surface area contributed by atoms with E-state index in [9.17, 15) is 23.1 Å². The molecule has 2 N–H and O–H groups in total. The van der Waals surface area contributed by atoms with E-state index in [0.29, 0.717) is 21.9 Å². The van der Waals surface area contributed by atoms with E-state index in [0.717, 1.165) is 10.8 Å². The Kier molecular flexibility index (Phi) is 4.19. The number of halogens is 3. The van der Waals surface area contributed by atoms with E-state index >= 15 is 0 Å². The Morgan fingerprint density at radius 3 is 1.89 bits per heavy atom. The van der Waals surface area contributed by atoms with Crippen LogP contribution in [0.2, 0.25) is 0 Å². The number of alkyl halides is 3. The molecule has 4 aromatic rings. The number of benzene rings is 4. The second-order valence-corrected chi connectivity index (χ2v) is 6.34. The van der Waals surface area contributed by atoms with Crippen LogP contribution in [0.25, 0.3) is 32.7 Å². The van der Waals surface area contributed by atoms with E-state index in [1.807, 2.05) is 29.6 Å². The number of anilines is 1. The van der Waals surface area contributed by atoms with Crippen molar-refractivity contribution >= 4 is 33.1 Å². The van der Waals surface area contributed by atoms with Gasteiger partial charge < -0.3 is 10.4 Å². The highest BCUT2D eigenvalue weighted by Crippen LogP contribution is 2.44. The Morgan fingerprint density at radius 2 is 1.29 bits per heavy atom. The van der Waals surface area contributed by atoms with Gasteiger partial charge in [0.2, 0.25) is 0 Å². The van der Waals surface area contributed by atoms with Gasteiger partial charge in [0, 0.05) is 16.8 Å². The van der Waals surface area contributed by atoms with Gasteiger partial charge in [-0.1, -0.05) is 60.7 Å². The molecule has 0 spiro atoms. The summed E-state index contributed by atoms with van der Waals surface area (Å²) in [6.07, 6.45) is -5.02. The van der Waals surface area contributed by atoms with Crippen LogP contribution in [0.4, 0.5) is 18.9 Å². The van der Waals surface area contributed by atoms with Crippen LogP contribution in [0.15, 0.2) is 72.8 Å². The fourth-order valence-corrected chi connectivity index (χ4v) is 3.36. The smallest absolute Gasteiger partial charge is 0.471 e. The van der Waals surface area contributed by atoms with Crippen LogP contribution in [0.1, 0.15) is 0 Å². The lowest BCUT2D eigenvalue weighted by molar-refractivity contribution is -0.167. The molecule has 6 heteroatoms. The first-order chi connectivity index (χ1) is 13.4. The van der Waals surface area contributed by atoms with Gasteiger partial charge in [0.1, 0.15) is 5.75 Å². The number of phenols is 1. The van der Waals surface area contributed by atoms with E-state index < -0.39 is 12.1 Å². The number of amides is 1. The van der Waals surface area contributed by atoms with Gasteiger partial charge in [0.15, 0.2) is 0 Å². The van der Waals surface area contributed by atoms with Crippen molar-refractivity contribution in [3.05, 3.63) is 72.8 Å². The van der Waals surface area contributed by atoms with Crippen LogP contribution >= 0.6 is 0 Å². The van der Waals surface area contributed by atoms with E-state index in [-0.39, 0.29) is 11.4 Å². The molecular weight excluding hydrogens is 367 g/mol. The number of hydrogen-bond acceptors (Lipinski definition) is 2. The first kappa shape index (κ1) is 17.9. The molecule has 4 rings (SSSR count). The highest BCUT2D eigenvalue weighted by molar-refractivity contribution is 6.13. The maximum atomic E-state index is 12.9. The lowest BCUT2D eigenvalue weighted by Crippen LogP contribution is -2.30. The second-order valence-electron chi connectivity index (χ2n) is 6.34. The second kappa shape index (κ2) is 6.56. The van der Waals surface area contributed by atoms with Crippen molar-refractivity contribution in [2.75, 3.05) is 5.32 Å². The van der Waals surface area contributed by atoms with Crippen molar-refractivity contribution in [3.63, 3.8) is 0 Å². The third-order valence-electron chi connectivity index (χ3n) is 4.59. The topological polar surface area (TPSA) is 49.3 Å². The highest BCUT2D eigenvalue weighted by atomic mass is 19.4. The summed E-state index contributed by atoms with van der Waals surface area (Å²) in [5.41, 5.74) is 0.685. The highest BCUT2D eigenvalue weighted by Gasteiger charge is 2.39. The Hall–Kier alpha value is -3.54. The summed E-state index contributed by atoms with van der Waals surface area (Å²) in [7, 11) is 0. The van der Waals surface area contributed by atoms with Crippen molar-refractivity contribution in [2.24, 2.45) is 0 Å². The fraction of sp³-hybridized carbons (Fsp3) is 0.0455. The van der Waals surface area contributed by atoms with Crippen LogP contribution in [0.3, 0.4) is 0 Å². The third kappa shape index (κ3) is 3.03. The molecule has 0 radical (unpaired) electrons. The van der Waals surface area contributed by atoms with Crippen LogP contribution in [-0.2, 0) is 4.79 Å². The summed E-state index contributed by atoms with van der Waals surface area (Å²) in [5.74, 6) is -2.15. The lowest BCUT2D eigenvalue weighted by atomic mass is 9.91. The average Bonchev–Trinajstić information content (AvgIpc) is 2.68. The average molecular weight is 381 g/mol. The van der Waals surface area contributed by atoms with E-state index in [1.54, 1.807) is 36.4 Å². The SMILES string of the molecule is O=C(Nc1ccc2ccccc2c1-c1c(O)ccc2ccccc12)C(F)(F)F. The third-order valence-corrected chi connectivity index (χ3v) is 4.59. The molecular formula is C22H14F3NO2. The number of fused-ring (bicyclic) bond motifs is 2. The maximum absolute atomic E-state index is 12.9. The van der Waals surface area contributed by atoms with Gasteiger partial charge in [-0.2, -0.15) is 13.2 Å². The van der Waals surface area contributed by atoms with Gasteiger partial charge in [0.25, 0.3) is 0 Å². The Labute approximate surface area is 158 Å². The van der Waals surface area contributed by atoms with Crippen molar-refractivity contribution in [1.82, 2.24) is 0 Å². The van der Waals surface area contributed by atoms with Crippen LogP contribution in [-0.4, -0.2) is 17.2 Å². The number of aromatic hydroxyl groups is 1. The van der Waals surface area contributed by atoms with Gasteiger partial charge in [-0.15, -0.1) is 0 Å². The minimum Gasteiger partial charge on any atom is -0.507 e. The molecule has 4 aromatic carbocycles. The molecule has 0 atom stereocenters.